The molecule has 7 nitrogen and oxygen atoms in total. The van der Waals surface area contributed by atoms with Crippen LogP contribution >= 0.6 is 0 Å². The van der Waals surface area contributed by atoms with E-state index in [1.165, 1.54) is 0 Å². The van der Waals surface area contributed by atoms with Gasteiger partial charge in [0.25, 0.3) is 5.91 Å². The van der Waals surface area contributed by atoms with Gasteiger partial charge in [-0.3, -0.25) is 9.48 Å². The van der Waals surface area contributed by atoms with Gasteiger partial charge in [0.2, 0.25) is 0 Å². The molecule has 2 aromatic rings. The van der Waals surface area contributed by atoms with Gasteiger partial charge in [-0.15, -0.1) is 0 Å². The molecule has 1 fully saturated rings. The summed E-state index contributed by atoms with van der Waals surface area (Å²) in [4.78, 5) is 16.5. The summed E-state index contributed by atoms with van der Waals surface area (Å²) in [5.41, 5.74) is 0.985. The van der Waals surface area contributed by atoms with Gasteiger partial charge in [0.1, 0.15) is 6.10 Å². The summed E-state index contributed by atoms with van der Waals surface area (Å²) < 4.78 is 9.30. The van der Waals surface area contributed by atoms with Gasteiger partial charge in [-0.25, -0.2) is 4.98 Å². The molecule has 0 saturated carbocycles. The molecule has 21 heavy (non-hydrogen) atoms. The predicted molar refractivity (Wildman–Crippen MR) is 75.7 cm³/mol. The Hall–Kier alpha value is -2.15. The van der Waals surface area contributed by atoms with Gasteiger partial charge in [0.05, 0.1) is 12.2 Å². The highest BCUT2D eigenvalue weighted by Gasteiger charge is 2.32. The second kappa shape index (κ2) is 5.69. The number of carbonyl (C=O) groups is 1. The molecule has 0 aliphatic carbocycles. The van der Waals surface area contributed by atoms with Gasteiger partial charge >= 0.3 is 0 Å². The van der Waals surface area contributed by atoms with E-state index in [4.69, 9.17) is 4.74 Å². The summed E-state index contributed by atoms with van der Waals surface area (Å²) >= 11 is 0. The first-order valence-electron chi connectivity index (χ1n) is 7.11. The molecular weight excluding hydrogens is 270 g/mol. The molecule has 2 atom stereocenters. The van der Waals surface area contributed by atoms with E-state index in [1.807, 2.05) is 24.7 Å². The fourth-order valence-electron chi connectivity index (χ4n) is 2.66. The Kier molecular flexibility index (Phi) is 3.74. The van der Waals surface area contributed by atoms with Crippen molar-refractivity contribution in [2.45, 2.75) is 32.0 Å². The number of rotatable bonds is 4. The van der Waals surface area contributed by atoms with Crippen molar-refractivity contribution >= 4 is 5.91 Å². The monoisotopic (exact) mass is 289 g/mol. The third-order valence-electron chi connectivity index (χ3n) is 3.72. The van der Waals surface area contributed by atoms with Crippen LogP contribution in [0.15, 0.2) is 24.8 Å². The molecule has 0 spiro atoms. The number of aryl methyl sites for hydroxylation is 2. The third kappa shape index (κ3) is 2.69. The summed E-state index contributed by atoms with van der Waals surface area (Å²) in [7, 11) is 1.87. The Bertz CT molecular complexity index is 633. The molecule has 3 heterocycles. The molecular formula is C14H19N5O2. The van der Waals surface area contributed by atoms with Crippen molar-refractivity contribution in [2.24, 2.45) is 7.05 Å². The highest BCUT2D eigenvalue weighted by molar-refractivity contribution is 5.91. The van der Waals surface area contributed by atoms with E-state index in [0.717, 1.165) is 18.5 Å². The molecule has 3 rings (SSSR count). The minimum atomic E-state index is -0.161. The van der Waals surface area contributed by atoms with Crippen LogP contribution < -0.4 is 5.32 Å². The second-order valence-electron chi connectivity index (χ2n) is 5.14. The lowest BCUT2D eigenvalue weighted by atomic mass is 10.1. The largest absolute Gasteiger partial charge is 0.371 e. The quantitative estimate of drug-likeness (QED) is 0.907. The summed E-state index contributed by atoms with van der Waals surface area (Å²) in [5.74, 6) is 0.278. The van der Waals surface area contributed by atoms with Gasteiger partial charge in [-0.1, -0.05) is 0 Å². The fourth-order valence-corrected chi connectivity index (χ4v) is 2.66. The van der Waals surface area contributed by atoms with Crippen molar-refractivity contribution in [3.05, 3.63) is 36.2 Å². The Morgan fingerprint density at radius 2 is 2.43 bits per heavy atom. The maximum absolute atomic E-state index is 12.4. The minimum absolute atomic E-state index is 0.0521. The van der Waals surface area contributed by atoms with Crippen LogP contribution in [0.1, 0.15) is 35.6 Å². The van der Waals surface area contributed by atoms with E-state index in [2.05, 4.69) is 15.4 Å². The van der Waals surface area contributed by atoms with Gasteiger partial charge in [0, 0.05) is 44.4 Å². The Balaban J connectivity index is 1.73. The number of nitrogens with one attached hydrogen (secondary N) is 1. The summed E-state index contributed by atoms with van der Waals surface area (Å²) in [6.45, 7) is 3.33. The number of carbonyl (C=O) groups excluding carboxylic acids is 1. The molecule has 1 N–H and O–H groups in total. The lowest BCUT2D eigenvalue weighted by Crippen LogP contribution is -2.38. The number of ether oxygens (including phenoxy) is 1. The number of nitrogens with zero attached hydrogens (tertiary/aromatic N) is 4. The molecule has 1 aliphatic rings. The number of aromatic nitrogens is 4. The molecule has 1 saturated heterocycles. The van der Waals surface area contributed by atoms with Crippen molar-refractivity contribution in [1.82, 2.24) is 24.6 Å². The van der Waals surface area contributed by atoms with Crippen LogP contribution in [0.25, 0.3) is 0 Å². The van der Waals surface area contributed by atoms with Crippen molar-refractivity contribution in [3.63, 3.8) is 0 Å². The van der Waals surface area contributed by atoms with Gasteiger partial charge in [-0.2, -0.15) is 5.10 Å². The summed E-state index contributed by atoms with van der Waals surface area (Å²) in [6.07, 6.45) is 7.79. The number of imidazole rings is 1. The zero-order valence-electron chi connectivity index (χ0n) is 12.2. The van der Waals surface area contributed by atoms with Crippen LogP contribution in [-0.4, -0.2) is 37.9 Å². The number of hydrogen-bond acceptors (Lipinski definition) is 4. The molecule has 0 unspecified atom stereocenters. The summed E-state index contributed by atoms with van der Waals surface area (Å²) in [6, 6.07) is -0.0521. The first-order valence-corrected chi connectivity index (χ1v) is 7.11. The molecule has 7 heteroatoms. The lowest BCUT2D eigenvalue weighted by Gasteiger charge is -2.18. The topological polar surface area (TPSA) is 74.0 Å². The van der Waals surface area contributed by atoms with Gasteiger partial charge in [0.15, 0.2) is 5.82 Å². The van der Waals surface area contributed by atoms with Crippen LogP contribution in [0.5, 0.6) is 0 Å². The Morgan fingerprint density at radius 3 is 3.14 bits per heavy atom. The maximum Gasteiger partial charge on any atom is 0.287 e. The number of hydrogen-bond donors (Lipinski definition) is 1. The normalized spacial score (nSPS) is 21.6. The minimum Gasteiger partial charge on any atom is -0.371 e. The van der Waals surface area contributed by atoms with Crippen LogP contribution in [0, 0.1) is 0 Å². The van der Waals surface area contributed by atoms with Crippen molar-refractivity contribution in [2.75, 3.05) is 6.61 Å². The fraction of sp³-hybridized carbons (Fsp3) is 0.500. The maximum atomic E-state index is 12.4. The van der Waals surface area contributed by atoms with Crippen molar-refractivity contribution in [1.29, 1.82) is 0 Å². The van der Waals surface area contributed by atoms with Crippen LogP contribution in [0.4, 0.5) is 0 Å². The smallest absolute Gasteiger partial charge is 0.287 e. The molecule has 0 aromatic carbocycles. The summed E-state index contributed by atoms with van der Waals surface area (Å²) in [5, 5.41) is 7.19. The highest BCUT2D eigenvalue weighted by atomic mass is 16.5. The standard InChI is InChI=1S/C14H19N5O2/c1-3-19-6-5-15-13(19)14(20)17-11-4-7-21-12(11)10-8-16-18(2)9-10/h5-6,8-9,11-12H,3-4,7H2,1-2H3,(H,17,20)/t11-,12+/m0/s1. The van der Waals surface area contributed by atoms with Crippen molar-refractivity contribution in [3.8, 4) is 0 Å². The zero-order valence-corrected chi connectivity index (χ0v) is 12.2. The molecule has 1 amide bonds. The average Bonchev–Trinajstić information content (AvgIpc) is 3.17. The van der Waals surface area contributed by atoms with E-state index in [1.54, 1.807) is 23.3 Å². The number of amides is 1. The molecule has 112 valence electrons. The lowest BCUT2D eigenvalue weighted by molar-refractivity contribution is 0.0811. The van der Waals surface area contributed by atoms with Crippen LogP contribution in [0.2, 0.25) is 0 Å². The highest BCUT2D eigenvalue weighted by Crippen LogP contribution is 2.28. The molecule has 0 bridgehead atoms. The third-order valence-corrected chi connectivity index (χ3v) is 3.72. The van der Waals surface area contributed by atoms with Crippen molar-refractivity contribution < 1.29 is 9.53 Å². The SMILES string of the molecule is CCn1ccnc1C(=O)N[C@H]1CCO[C@@H]1c1cnn(C)c1. The van der Waals surface area contributed by atoms with E-state index in [0.29, 0.717) is 12.4 Å². The first kappa shape index (κ1) is 13.8. The van der Waals surface area contributed by atoms with E-state index in [9.17, 15) is 4.79 Å². The van der Waals surface area contributed by atoms with E-state index in [-0.39, 0.29) is 18.1 Å². The Labute approximate surface area is 122 Å². The Morgan fingerprint density at radius 1 is 1.57 bits per heavy atom. The van der Waals surface area contributed by atoms with E-state index >= 15 is 0 Å². The van der Waals surface area contributed by atoms with Gasteiger partial charge < -0.3 is 14.6 Å². The second-order valence-corrected chi connectivity index (χ2v) is 5.14. The zero-order chi connectivity index (χ0) is 14.8. The molecule has 0 radical (unpaired) electrons. The molecule has 1 aliphatic heterocycles. The van der Waals surface area contributed by atoms with Crippen LogP contribution in [-0.2, 0) is 18.3 Å². The average molecular weight is 289 g/mol. The molecule has 2 aromatic heterocycles. The predicted octanol–water partition coefficient (Wildman–Crippen LogP) is 0.896. The van der Waals surface area contributed by atoms with Gasteiger partial charge in [-0.05, 0) is 13.3 Å². The first-order chi connectivity index (χ1) is 10.2. The van der Waals surface area contributed by atoms with E-state index < -0.39 is 0 Å². The van der Waals surface area contributed by atoms with Crippen LogP contribution in [0.3, 0.4) is 0 Å².